The van der Waals surface area contributed by atoms with Gasteiger partial charge < -0.3 is 14.0 Å². The predicted molar refractivity (Wildman–Crippen MR) is 96.8 cm³/mol. The third kappa shape index (κ3) is 3.76. The average molecular weight is 435 g/mol. The second-order valence-electron chi connectivity index (χ2n) is 4.97. The number of esters is 1. The van der Waals surface area contributed by atoms with E-state index in [0.717, 1.165) is 14.9 Å². The third-order valence-electron chi connectivity index (χ3n) is 3.36. The molecule has 6 heteroatoms. The van der Waals surface area contributed by atoms with Gasteiger partial charge in [-0.3, -0.25) is 0 Å². The first-order valence-electron chi connectivity index (χ1n) is 7.19. The van der Waals surface area contributed by atoms with E-state index < -0.39 is 0 Å². The van der Waals surface area contributed by atoms with Crippen LogP contribution in [0.4, 0.5) is 0 Å². The Morgan fingerprint density at radius 3 is 2.79 bits per heavy atom. The second-order valence-corrected chi connectivity index (χ2v) is 6.13. The number of rotatable bonds is 5. The van der Waals surface area contributed by atoms with Crippen molar-refractivity contribution in [3.05, 3.63) is 69.4 Å². The van der Waals surface area contributed by atoms with Gasteiger partial charge in [-0.15, -0.1) is 0 Å². The Labute approximate surface area is 152 Å². The number of aromatic nitrogens is 1. The lowest BCUT2D eigenvalue weighted by atomic mass is 10.1. The summed E-state index contributed by atoms with van der Waals surface area (Å²) in [5.41, 5.74) is 1.93. The number of halogens is 1. The van der Waals surface area contributed by atoms with Crippen LogP contribution in [0, 0.1) is 3.57 Å². The zero-order valence-corrected chi connectivity index (χ0v) is 15.0. The van der Waals surface area contributed by atoms with Crippen LogP contribution >= 0.6 is 22.6 Å². The number of carbonyl (C=O) groups excluding carboxylic acids is 1. The van der Waals surface area contributed by atoms with Gasteiger partial charge in [0.15, 0.2) is 5.76 Å². The fourth-order valence-corrected chi connectivity index (χ4v) is 2.74. The van der Waals surface area contributed by atoms with E-state index in [-0.39, 0.29) is 12.6 Å². The van der Waals surface area contributed by atoms with E-state index in [1.165, 1.54) is 0 Å². The van der Waals surface area contributed by atoms with Gasteiger partial charge in [0.25, 0.3) is 0 Å². The van der Waals surface area contributed by atoms with Gasteiger partial charge in [0, 0.05) is 15.2 Å². The summed E-state index contributed by atoms with van der Waals surface area (Å²) in [6, 6.07) is 16.5. The van der Waals surface area contributed by atoms with Crippen molar-refractivity contribution in [3.8, 4) is 17.1 Å². The topological polar surface area (TPSA) is 61.6 Å². The molecule has 0 amide bonds. The molecule has 2 aromatic carbocycles. The Hall–Kier alpha value is -2.35. The van der Waals surface area contributed by atoms with Crippen molar-refractivity contribution in [3.63, 3.8) is 0 Å². The maximum atomic E-state index is 12.1. The molecule has 24 heavy (non-hydrogen) atoms. The Kier molecular flexibility index (Phi) is 5.14. The molecule has 0 aliphatic heterocycles. The summed E-state index contributed by atoms with van der Waals surface area (Å²) in [5, 5.41) is 3.94. The van der Waals surface area contributed by atoms with Gasteiger partial charge in [-0.05, 0) is 46.9 Å². The molecule has 1 heterocycles. The van der Waals surface area contributed by atoms with E-state index in [4.69, 9.17) is 14.0 Å². The average Bonchev–Trinajstić information content (AvgIpc) is 3.09. The summed E-state index contributed by atoms with van der Waals surface area (Å²) in [7, 11) is 1.61. The van der Waals surface area contributed by atoms with Crippen LogP contribution in [0.5, 0.6) is 5.75 Å². The molecule has 0 radical (unpaired) electrons. The predicted octanol–water partition coefficient (Wildman–Crippen LogP) is 4.31. The van der Waals surface area contributed by atoms with Gasteiger partial charge >= 0.3 is 5.97 Å². The maximum Gasteiger partial charge on any atom is 0.339 e. The van der Waals surface area contributed by atoms with Crippen LogP contribution in [0.25, 0.3) is 11.3 Å². The minimum Gasteiger partial charge on any atom is -0.497 e. The molecule has 0 atom stereocenters. The molecule has 3 rings (SSSR count). The Bertz CT molecular complexity index is 859. The first-order chi connectivity index (χ1) is 11.7. The number of nitrogens with zero attached hydrogens (tertiary/aromatic N) is 1. The highest BCUT2D eigenvalue weighted by atomic mass is 127. The highest BCUT2D eigenvalue weighted by Gasteiger charge is 2.13. The third-order valence-corrected chi connectivity index (χ3v) is 4.30. The summed E-state index contributed by atoms with van der Waals surface area (Å²) < 4.78 is 16.6. The molecule has 0 saturated heterocycles. The molecular formula is C18H14INO4. The molecule has 0 saturated carbocycles. The van der Waals surface area contributed by atoms with Gasteiger partial charge in [-0.1, -0.05) is 29.4 Å². The number of hydrogen-bond donors (Lipinski definition) is 0. The lowest BCUT2D eigenvalue weighted by molar-refractivity contribution is 0.0463. The van der Waals surface area contributed by atoms with Gasteiger partial charge in [0.1, 0.15) is 18.1 Å². The molecule has 3 aromatic rings. The molecule has 0 spiro atoms. The molecule has 122 valence electrons. The summed E-state index contributed by atoms with van der Waals surface area (Å²) in [4.78, 5) is 12.1. The normalized spacial score (nSPS) is 10.4. The lowest BCUT2D eigenvalue weighted by Crippen LogP contribution is -2.07. The van der Waals surface area contributed by atoms with Crippen molar-refractivity contribution in [1.29, 1.82) is 0 Å². The van der Waals surface area contributed by atoms with Crippen molar-refractivity contribution in [1.82, 2.24) is 5.16 Å². The molecule has 0 fully saturated rings. The number of benzene rings is 2. The molecule has 1 aromatic heterocycles. The number of methoxy groups -OCH3 is 1. The van der Waals surface area contributed by atoms with Crippen LogP contribution in [0.15, 0.2) is 59.1 Å². The number of hydrogen-bond acceptors (Lipinski definition) is 5. The lowest BCUT2D eigenvalue weighted by Gasteiger charge is -2.04. The van der Waals surface area contributed by atoms with Gasteiger partial charge in [0.2, 0.25) is 0 Å². The molecular weight excluding hydrogens is 421 g/mol. The van der Waals surface area contributed by atoms with Crippen molar-refractivity contribution < 1.29 is 18.8 Å². The van der Waals surface area contributed by atoms with Crippen LogP contribution in [0.1, 0.15) is 16.1 Å². The second kappa shape index (κ2) is 7.48. The van der Waals surface area contributed by atoms with Crippen LogP contribution in [0.3, 0.4) is 0 Å². The largest absolute Gasteiger partial charge is 0.497 e. The van der Waals surface area contributed by atoms with Gasteiger partial charge in [-0.25, -0.2) is 4.79 Å². The molecule has 0 bridgehead atoms. The van der Waals surface area contributed by atoms with Crippen molar-refractivity contribution in [2.24, 2.45) is 0 Å². The molecule has 5 nitrogen and oxygen atoms in total. The Morgan fingerprint density at radius 2 is 2.00 bits per heavy atom. The minimum atomic E-state index is -0.383. The number of ether oxygens (including phenoxy) is 2. The maximum absolute atomic E-state index is 12.1. The van der Waals surface area contributed by atoms with Crippen LogP contribution in [-0.4, -0.2) is 18.2 Å². The van der Waals surface area contributed by atoms with E-state index in [9.17, 15) is 4.79 Å². The van der Waals surface area contributed by atoms with E-state index >= 15 is 0 Å². The van der Waals surface area contributed by atoms with E-state index in [1.54, 1.807) is 25.3 Å². The van der Waals surface area contributed by atoms with Crippen LogP contribution < -0.4 is 4.74 Å². The Morgan fingerprint density at radius 1 is 1.17 bits per heavy atom. The zero-order chi connectivity index (χ0) is 16.9. The molecule has 0 N–H and O–H groups in total. The van der Waals surface area contributed by atoms with Gasteiger partial charge in [0.05, 0.1) is 12.7 Å². The van der Waals surface area contributed by atoms with Crippen molar-refractivity contribution in [2.45, 2.75) is 6.61 Å². The zero-order valence-electron chi connectivity index (χ0n) is 12.9. The SMILES string of the molecule is COc1cccc(-c2cc(COC(=O)c3ccccc3I)no2)c1. The van der Waals surface area contributed by atoms with E-state index in [0.29, 0.717) is 17.0 Å². The smallest absolute Gasteiger partial charge is 0.339 e. The highest BCUT2D eigenvalue weighted by molar-refractivity contribution is 14.1. The van der Waals surface area contributed by atoms with Crippen LogP contribution in [-0.2, 0) is 11.3 Å². The summed E-state index contributed by atoms with van der Waals surface area (Å²) in [5.74, 6) is 0.940. The van der Waals surface area contributed by atoms with Crippen molar-refractivity contribution in [2.75, 3.05) is 7.11 Å². The molecule has 0 aliphatic carbocycles. The summed E-state index contributed by atoms with van der Waals surface area (Å²) in [6.45, 7) is 0.0529. The quantitative estimate of drug-likeness (QED) is 0.442. The Balaban J connectivity index is 1.68. The van der Waals surface area contributed by atoms with Gasteiger partial charge in [-0.2, -0.15) is 0 Å². The van der Waals surface area contributed by atoms with E-state index in [2.05, 4.69) is 27.7 Å². The van der Waals surface area contributed by atoms with Crippen LogP contribution in [0.2, 0.25) is 0 Å². The molecule has 0 aliphatic rings. The molecule has 0 unspecified atom stereocenters. The first kappa shape index (κ1) is 16.5. The summed E-state index contributed by atoms with van der Waals surface area (Å²) in [6.07, 6.45) is 0. The monoisotopic (exact) mass is 435 g/mol. The standard InChI is InChI=1S/C18H14INO4/c1-22-14-6-4-5-12(9-14)17-10-13(20-24-17)11-23-18(21)15-7-2-3-8-16(15)19/h2-10H,11H2,1H3. The fraction of sp³-hybridized carbons (Fsp3) is 0.111. The van der Waals surface area contributed by atoms with Crippen molar-refractivity contribution >= 4 is 28.6 Å². The minimum absolute atomic E-state index is 0.0529. The fourth-order valence-electron chi connectivity index (χ4n) is 2.14. The highest BCUT2D eigenvalue weighted by Crippen LogP contribution is 2.24. The first-order valence-corrected chi connectivity index (χ1v) is 8.27. The summed E-state index contributed by atoms with van der Waals surface area (Å²) >= 11 is 2.10. The van der Waals surface area contributed by atoms with E-state index in [1.807, 2.05) is 36.4 Å². The number of carbonyl (C=O) groups is 1.